The summed E-state index contributed by atoms with van der Waals surface area (Å²) >= 11 is 0. The number of nitrogens with one attached hydrogen (secondary N) is 1. The Kier molecular flexibility index (Phi) is 32.7. The summed E-state index contributed by atoms with van der Waals surface area (Å²) in [4.78, 5) is 72.5. The number of anilines is 2. The van der Waals surface area contributed by atoms with Crippen molar-refractivity contribution < 1.29 is 71.3 Å². The highest BCUT2D eigenvalue weighted by molar-refractivity contribution is 7.98. The largest absolute Gasteiger partial charge is 0.514 e. The molecule has 0 radical (unpaired) electrons. The van der Waals surface area contributed by atoms with Gasteiger partial charge >= 0.3 is 30.8 Å². The topological polar surface area (TPSA) is 190 Å². The first-order valence-corrected chi connectivity index (χ1v) is 47.1. The SMILES string of the molecule is C=CCOC(=O)Oc1c(C)cc([S+](c2ccccc2)c2cc(C)c(OC(=O)OCC=C)c(C)c2)cc1C.C=CCOC(=O)Oc1c(C)cc([S+](c2ccccc2)c2ccccc2)cc1C.Cc1cc(-[s+]2c3ccccc3c3ccccc32)c(C(C)C)cc1OC(=O)OC(C)(C)C.Cc1cc([S+]2c3ccccc3Nc3ccccc32)c(C(C)C)cc1OC(=O)OC(C)(C)C. The first-order chi connectivity index (χ1) is 61.1. The average Bonchev–Trinajstić information content (AvgIpc) is 1.72. The van der Waals surface area contributed by atoms with Crippen molar-refractivity contribution >= 4 is 105 Å². The van der Waals surface area contributed by atoms with E-state index in [9.17, 15) is 24.0 Å². The summed E-state index contributed by atoms with van der Waals surface area (Å²) in [6.45, 7) is 46.1. The molecule has 2 heterocycles. The lowest BCUT2D eigenvalue weighted by atomic mass is 10.0. The van der Waals surface area contributed by atoms with E-state index in [0.29, 0.717) is 28.7 Å². The molecule has 1 aliphatic rings. The highest BCUT2D eigenvalue weighted by atomic mass is 32.2. The quantitative estimate of drug-likeness (QED) is 0.0235. The monoisotopic (exact) mass is 1790 g/mol. The van der Waals surface area contributed by atoms with Crippen LogP contribution in [-0.2, 0) is 56.4 Å². The molecule has 14 rings (SSSR count). The third-order valence-electron chi connectivity index (χ3n) is 19.9. The van der Waals surface area contributed by atoms with Gasteiger partial charge in [-0.2, -0.15) is 0 Å². The highest BCUT2D eigenvalue weighted by Crippen LogP contribution is 2.53. The van der Waals surface area contributed by atoms with Gasteiger partial charge in [-0.15, -0.1) is 0 Å². The van der Waals surface area contributed by atoms with Crippen LogP contribution in [0.5, 0.6) is 28.7 Å². The Bertz CT molecular complexity index is 5900. The van der Waals surface area contributed by atoms with Crippen LogP contribution in [0.3, 0.4) is 0 Å². The van der Waals surface area contributed by atoms with Crippen LogP contribution in [0.25, 0.3) is 25.1 Å². The van der Waals surface area contributed by atoms with Crippen molar-refractivity contribution in [1.29, 1.82) is 0 Å². The van der Waals surface area contributed by atoms with Gasteiger partial charge in [-0.3, -0.25) is 0 Å². The Morgan fingerprint density at radius 3 is 0.945 bits per heavy atom. The van der Waals surface area contributed by atoms with Crippen LogP contribution in [0.15, 0.2) is 331 Å². The minimum absolute atomic E-state index is 0.0802. The molecule has 0 aliphatic carbocycles. The lowest BCUT2D eigenvalue weighted by Gasteiger charge is -2.24. The molecule has 0 atom stereocenters. The maximum atomic E-state index is 12.3. The van der Waals surface area contributed by atoms with Gasteiger partial charge in [0.2, 0.25) is 0 Å². The Morgan fingerprint density at radius 2 is 0.625 bits per heavy atom. The molecule has 12 aromatic carbocycles. The van der Waals surface area contributed by atoms with Crippen LogP contribution >= 0.6 is 10.5 Å². The standard InChI is InChI=1S/C30H31O6S.C27H30NO3S.C27H29O3S.C24H23O3S/c1-7-14-33-29(31)35-27-20(3)16-25(17-21(27)4)37(24-12-10-9-11-13-24)26-18-22(5)28(23(6)19-26)36-30(32)34-15-8-2;1-17(2)19-16-22(30-26(29)31-27(4,5)6)18(3)15-25(19)32-23-13-9-7-11-20(23)28-21-12-8-10-14-24(21)32;1-17(2)21-16-22(29-26(28)30-27(4,5)6)18(3)15-25(21)31-23-13-9-7-11-19(23)20-12-8-10-14-24(20)31;1-4-15-26-24(25)27-23-18(2)16-22(17-19(23)3)28(20-11-7-5-8-12-20)21-13-9-6-10-14-21/h7-13,16-19H,1-2,14-15H2,3-6H3;7-17,28H,1-6H3;7-17H,1-6H3;4-14,16-17H,1,15H2,2-3H3/q4*+1. The summed E-state index contributed by atoms with van der Waals surface area (Å²) in [7, 11) is -1.19. The zero-order valence-electron chi connectivity index (χ0n) is 76.1. The van der Waals surface area contributed by atoms with Crippen molar-refractivity contribution in [3.05, 3.63) is 342 Å². The Labute approximate surface area is 764 Å². The van der Waals surface area contributed by atoms with Crippen molar-refractivity contribution in [2.24, 2.45) is 0 Å². The summed E-state index contributed by atoms with van der Waals surface area (Å²) in [5, 5.41) is 6.20. The highest BCUT2D eigenvalue weighted by Gasteiger charge is 2.41. The number of fused-ring (bicyclic) bond motifs is 5. The second-order valence-electron chi connectivity index (χ2n) is 33.0. The number of para-hydroxylation sites is 2. The van der Waals surface area contributed by atoms with Crippen LogP contribution in [0.2, 0.25) is 0 Å². The van der Waals surface area contributed by atoms with E-state index in [1.807, 2.05) is 164 Å². The van der Waals surface area contributed by atoms with Crippen LogP contribution in [-0.4, -0.2) is 61.8 Å². The van der Waals surface area contributed by atoms with Crippen LogP contribution in [0, 0.1) is 55.4 Å². The van der Waals surface area contributed by atoms with Gasteiger partial charge in [0, 0.05) is 80.9 Å². The number of thiophene rings is 1. The third-order valence-corrected chi connectivity index (χ3v) is 29.0. The number of aryl methyl sites for hydroxylation is 8. The van der Waals surface area contributed by atoms with Crippen molar-refractivity contribution in [3.8, 4) is 33.6 Å². The number of carbonyl (C=O) groups excluding carboxylic acids is 5. The maximum absolute atomic E-state index is 12.3. The zero-order chi connectivity index (χ0) is 92.3. The Hall–Kier alpha value is -12.7. The number of rotatable bonds is 21. The summed E-state index contributed by atoms with van der Waals surface area (Å²) in [5.74, 6) is 3.14. The second-order valence-corrected chi connectivity index (χ2v) is 41.0. The van der Waals surface area contributed by atoms with E-state index in [1.54, 1.807) is 0 Å². The van der Waals surface area contributed by atoms with Gasteiger partial charge in [0.1, 0.15) is 70.7 Å². The Balaban J connectivity index is 0.000000166. The predicted octanol–water partition coefficient (Wildman–Crippen LogP) is 29.6. The van der Waals surface area contributed by atoms with Gasteiger partial charge in [0.15, 0.2) is 58.4 Å². The molecular weight excluding hydrogens is 1680 g/mol. The van der Waals surface area contributed by atoms with Crippen molar-refractivity contribution in [1.82, 2.24) is 0 Å². The van der Waals surface area contributed by atoms with E-state index >= 15 is 0 Å². The third kappa shape index (κ3) is 24.5. The molecule has 0 fully saturated rings. The van der Waals surface area contributed by atoms with Gasteiger partial charge in [-0.25, -0.2) is 24.0 Å². The van der Waals surface area contributed by atoms with E-state index in [4.69, 9.17) is 47.4 Å². The summed E-state index contributed by atoms with van der Waals surface area (Å²) in [6.07, 6.45) is 0.878. The molecule has 1 aliphatic heterocycles. The molecule has 128 heavy (non-hydrogen) atoms. The van der Waals surface area contributed by atoms with E-state index < -0.39 is 52.9 Å². The lowest BCUT2D eigenvalue weighted by Crippen LogP contribution is -2.26. The molecule has 0 amide bonds. The fourth-order valence-electron chi connectivity index (χ4n) is 14.4. The molecule has 0 bridgehead atoms. The van der Waals surface area contributed by atoms with Crippen molar-refractivity contribution in [2.75, 3.05) is 25.1 Å². The number of hydrogen-bond donors (Lipinski definition) is 1. The Morgan fingerprint density at radius 1 is 0.336 bits per heavy atom. The first kappa shape index (κ1) is 95.9. The van der Waals surface area contributed by atoms with E-state index in [2.05, 4.69) is 235 Å². The van der Waals surface area contributed by atoms with E-state index in [-0.39, 0.29) is 63.9 Å². The van der Waals surface area contributed by atoms with E-state index in [0.717, 1.165) is 70.6 Å². The fourth-order valence-corrected chi connectivity index (χ4v) is 24.5. The second kappa shape index (κ2) is 43.7. The van der Waals surface area contributed by atoms with Crippen molar-refractivity contribution in [2.45, 2.75) is 192 Å². The molecule has 0 saturated heterocycles. The van der Waals surface area contributed by atoms with Crippen molar-refractivity contribution in [3.63, 3.8) is 0 Å². The molecule has 20 heteroatoms. The maximum Gasteiger partial charge on any atom is 0.514 e. The van der Waals surface area contributed by atoms with Gasteiger partial charge in [0.05, 0.1) is 33.2 Å². The molecule has 0 saturated carbocycles. The average molecular weight is 1790 g/mol. The molecule has 0 unspecified atom stereocenters. The number of carbonyl (C=O) groups is 5. The zero-order valence-corrected chi connectivity index (χ0v) is 79.3. The molecule has 13 aromatic rings. The van der Waals surface area contributed by atoms with Gasteiger partial charge in [-0.05, 0) is 250 Å². The van der Waals surface area contributed by atoms with E-state index in [1.165, 1.54) is 83.8 Å². The minimum atomic E-state index is -0.769. The summed E-state index contributed by atoms with van der Waals surface area (Å²) in [6, 6.07) is 86.1. The van der Waals surface area contributed by atoms with Gasteiger partial charge < -0.3 is 52.7 Å². The number of ether oxygens (including phenoxy) is 10. The lowest BCUT2D eigenvalue weighted by molar-refractivity contribution is 0.0191. The normalized spacial score (nSPS) is 11.5. The molecule has 0 spiro atoms. The number of hydrogen-bond acceptors (Lipinski definition) is 16. The molecule has 660 valence electrons. The predicted molar refractivity (Wildman–Crippen MR) is 519 cm³/mol. The number of benzene rings is 12. The molecule has 16 nitrogen and oxygen atoms in total. The van der Waals surface area contributed by atoms with Gasteiger partial charge in [-0.1, -0.05) is 169 Å². The molecule has 1 aromatic heterocycles. The molecule has 1 N–H and O–H groups in total. The smallest absolute Gasteiger partial charge is 0.430 e. The summed E-state index contributed by atoms with van der Waals surface area (Å²) in [5.41, 5.74) is 10.3. The minimum Gasteiger partial charge on any atom is -0.430 e. The van der Waals surface area contributed by atoms with Crippen LogP contribution < -0.4 is 29.0 Å². The first-order valence-electron chi connectivity index (χ1n) is 42.2. The van der Waals surface area contributed by atoms with Gasteiger partial charge in [0.25, 0.3) is 0 Å². The van der Waals surface area contributed by atoms with Crippen LogP contribution in [0.1, 0.15) is 137 Å². The molecular formula is C108H113NO15S4+4. The summed E-state index contributed by atoms with van der Waals surface area (Å²) < 4.78 is 55.9. The van der Waals surface area contributed by atoms with Crippen LogP contribution in [0.4, 0.5) is 35.3 Å². The fraction of sp³-hybridized carbons (Fsp3) is 0.231.